The normalized spacial score (nSPS) is 10.7. The number of ether oxygens (including phenoxy) is 1. The van der Waals surface area contributed by atoms with Crippen LogP contribution in [-0.2, 0) is 0 Å². The third-order valence-electron chi connectivity index (χ3n) is 3.51. The van der Waals surface area contributed by atoms with Crippen molar-refractivity contribution < 1.29 is 4.74 Å². The summed E-state index contributed by atoms with van der Waals surface area (Å²) in [7, 11) is 1.61. The number of pyridine rings is 1. The van der Waals surface area contributed by atoms with Gasteiger partial charge < -0.3 is 4.74 Å². The lowest BCUT2D eigenvalue weighted by Gasteiger charge is -2.14. The molecular weight excluding hydrogens is 369 g/mol. The largest absolute Gasteiger partial charge is 0.497 e. The molecule has 1 aromatic carbocycles. The van der Waals surface area contributed by atoms with E-state index in [0.29, 0.717) is 27.0 Å². The van der Waals surface area contributed by atoms with Gasteiger partial charge in [-0.05, 0) is 30.7 Å². The third-order valence-corrected chi connectivity index (χ3v) is 4.27. The Balaban J connectivity index is 2.32. The fourth-order valence-corrected chi connectivity index (χ4v) is 3.15. The molecule has 0 saturated carbocycles. The minimum absolute atomic E-state index is 0.218. The quantitative estimate of drug-likeness (QED) is 0.603. The van der Waals surface area contributed by atoms with Crippen molar-refractivity contribution >= 4 is 34.8 Å². The summed E-state index contributed by atoms with van der Waals surface area (Å²) in [6.07, 6.45) is 1.52. The van der Waals surface area contributed by atoms with E-state index in [9.17, 15) is 0 Å². The van der Waals surface area contributed by atoms with E-state index in [-0.39, 0.29) is 5.15 Å². The predicted molar refractivity (Wildman–Crippen MR) is 97.0 cm³/mol. The first-order chi connectivity index (χ1) is 11.5. The third kappa shape index (κ3) is 3.18. The molecule has 0 bridgehead atoms. The Hall–Kier alpha value is -1.88. The number of hydrogen-bond acceptors (Lipinski definition) is 4. The van der Waals surface area contributed by atoms with Crippen molar-refractivity contribution in [2.75, 3.05) is 7.11 Å². The Labute approximate surface area is 154 Å². The van der Waals surface area contributed by atoms with Crippen LogP contribution < -0.4 is 4.74 Å². The maximum absolute atomic E-state index is 6.33. The SMILES string of the molecule is COc1cccc(-c2c(C)nnc(Cl)c2-c2ncc(Cl)cc2Cl)c1. The van der Waals surface area contributed by atoms with Crippen molar-refractivity contribution in [1.82, 2.24) is 15.2 Å². The molecule has 0 unspecified atom stereocenters. The molecule has 0 aliphatic heterocycles. The van der Waals surface area contributed by atoms with Crippen LogP contribution in [0.1, 0.15) is 5.69 Å². The van der Waals surface area contributed by atoms with Crippen molar-refractivity contribution in [3.63, 3.8) is 0 Å². The Morgan fingerprint density at radius 1 is 1.00 bits per heavy atom. The van der Waals surface area contributed by atoms with Gasteiger partial charge in [-0.2, -0.15) is 5.10 Å². The number of aryl methyl sites for hydroxylation is 1. The van der Waals surface area contributed by atoms with Gasteiger partial charge in [0.1, 0.15) is 5.75 Å². The molecule has 0 saturated heterocycles. The summed E-state index contributed by atoms with van der Waals surface area (Å²) in [5.74, 6) is 0.723. The molecule has 7 heteroatoms. The molecule has 2 heterocycles. The van der Waals surface area contributed by atoms with Gasteiger partial charge in [0.25, 0.3) is 0 Å². The van der Waals surface area contributed by atoms with Gasteiger partial charge in [-0.1, -0.05) is 46.9 Å². The van der Waals surface area contributed by atoms with E-state index in [4.69, 9.17) is 39.5 Å². The number of nitrogens with zero attached hydrogens (tertiary/aromatic N) is 3. The van der Waals surface area contributed by atoms with Crippen LogP contribution in [0.25, 0.3) is 22.4 Å². The van der Waals surface area contributed by atoms with Crippen LogP contribution in [0.5, 0.6) is 5.75 Å². The number of rotatable bonds is 3. The summed E-state index contributed by atoms with van der Waals surface area (Å²) in [5, 5.41) is 9.18. The predicted octanol–water partition coefficient (Wildman–Crippen LogP) is 5.48. The monoisotopic (exact) mass is 379 g/mol. The summed E-state index contributed by atoms with van der Waals surface area (Å²) in [5.41, 5.74) is 3.49. The van der Waals surface area contributed by atoms with Gasteiger partial charge in [0.05, 0.1) is 34.1 Å². The first kappa shape index (κ1) is 17.0. The lowest BCUT2D eigenvalue weighted by Crippen LogP contribution is -1.99. The zero-order chi connectivity index (χ0) is 17.3. The molecule has 24 heavy (non-hydrogen) atoms. The zero-order valence-corrected chi connectivity index (χ0v) is 15.1. The summed E-state index contributed by atoms with van der Waals surface area (Å²) < 4.78 is 5.30. The summed E-state index contributed by atoms with van der Waals surface area (Å²) in [4.78, 5) is 4.33. The Bertz CT molecular complexity index is 916. The van der Waals surface area contributed by atoms with Gasteiger partial charge in [0.2, 0.25) is 0 Å². The van der Waals surface area contributed by atoms with Crippen molar-refractivity contribution in [3.8, 4) is 28.1 Å². The molecule has 0 fully saturated rings. The minimum Gasteiger partial charge on any atom is -0.497 e. The second kappa shape index (κ2) is 6.93. The molecule has 3 rings (SSSR count). The molecule has 0 spiro atoms. The molecule has 0 radical (unpaired) electrons. The van der Waals surface area contributed by atoms with Crippen LogP contribution in [-0.4, -0.2) is 22.3 Å². The van der Waals surface area contributed by atoms with Crippen LogP contribution in [0.3, 0.4) is 0 Å². The van der Waals surface area contributed by atoms with E-state index < -0.39 is 0 Å². The smallest absolute Gasteiger partial charge is 0.161 e. The van der Waals surface area contributed by atoms with E-state index in [1.54, 1.807) is 13.2 Å². The average molecular weight is 381 g/mol. The average Bonchev–Trinajstić information content (AvgIpc) is 2.57. The van der Waals surface area contributed by atoms with E-state index in [0.717, 1.165) is 16.9 Å². The summed E-state index contributed by atoms with van der Waals surface area (Å²) >= 11 is 18.6. The van der Waals surface area contributed by atoms with Crippen molar-refractivity contribution in [3.05, 3.63) is 57.4 Å². The standard InChI is InChI=1S/C17H12Cl3N3O/c1-9-14(10-4-3-5-12(6-10)24-2)15(17(20)23-22-9)16-13(19)7-11(18)8-21-16/h3-8H,1-2H3. The number of methoxy groups -OCH3 is 1. The minimum atomic E-state index is 0.218. The maximum Gasteiger partial charge on any atom is 0.161 e. The molecule has 0 aliphatic carbocycles. The fourth-order valence-electron chi connectivity index (χ4n) is 2.45. The van der Waals surface area contributed by atoms with Crippen molar-refractivity contribution in [2.24, 2.45) is 0 Å². The first-order valence-electron chi connectivity index (χ1n) is 7.00. The van der Waals surface area contributed by atoms with E-state index in [2.05, 4.69) is 15.2 Å². The van der Waals surface area contributed by atoms with Gasteiger partial charge in [0.15, 0.2) is 5.15 Å². The molecule has 3 aromatic rings. The number of hydrogen-bond donors (Lipinski definition) is 0. The number of halogens is 3. The van der Waals surface area contributed by atoms with Gasteiger partial charge in [-0.3, -0.25) is 4.98 Å². The first-order valence-corrected chi connectivity index (χ1v) is 8.13. The highest BCUT2D eigenvalue weighted by Gasteiger charge is 2.20. The second-order valence-electron chi connectivity index (χ2n) is 5.04. The molecule has 122 valence electrons. The summed E-state index contributed by atoms with van der Waals surface area (Å²) in [6.45, 7) is 1.85. The molecule has 2 aromatic heterocycles. The maximum atomic E-state index is 6.33. The van der Waals surface area contributed by atoms with Crippen molar-refractivity contribution in [1.29, 1.82) is 0 Å². The van der Waals surface area contributed by atoms with Crippen LogP contribution in [0.2, 0.25) is 15.2 Å². The van der Waals surface area contributed by atoms with Crippen LogP contribution >= 0.6 is 34.8 Å². The summed E-state index contributed by atoms with van der Waals surface area (Å²) in [6, 6.07) is 9.21. The molecule has 0 amide bonds. The lowest BCUT2D eigenvalue weighted by atomic mass is 9.97. The van der Waals surface area contributed by atoms with Gasteiger partial charge in [0, 0.05) is 11.8 Å². The molecular formula is C17H12Cl3N3O. The highest BCUT2D eigenvalue weighted by molar-refractivity contribution is 6.37. The topological polar surface area (TPSA) is 47.9 Å². The van der Waals surface area contributed by atoms with Crippen LogP contribution in [0.15, 0.2) is 36.5 Å². The van der Waals surface area contributed by atoms with Gasteiger partial charge >= 0.3 is 0 Å². The molecule has 4 nitrogen and oxygen atoms in total. The van der Waals surface area contributed by atoms with E-state index in [1.165, 1.54) is 6.20 Å². The highest BCUT2D eigenvalue weighted by atomic mass is 35.5. The molecule has 0 N–H and O–H groups in total. The highest BCUT2D eigenvalue weighted by Crippen LogP contribution is 2.40. The fraction of sp³-hybridized carbons (Fsp3) is 0.118. The van der Waals surface area contributed by atoms with E-state index >= 15 is 0 Å². The Kier molecular flexibility index (Phi) is 4.90. The number of benzene rings is 1. The lowest BCUT2D eigenvalue weighted by molar-refractivity contribution is 0.415. The Morgan fingerprint density at radius 3 is 2.50 bits per heavy atom. The van der Waals surface area contributed by atoms with Crippen LogP contribution in [0, 0.1) is 6.92 Å². The molecule has 0 aliphatic rings. The van der Waals surface area contributed by atoms with Crippen LogP contribution in [0.4, 0.5) is 0 Å². The van der Waals surface area contributed by atoms with Crippen molar-refractivity contribution in [2.45, 2.75) is 6.92 Å². The number of aromatic nitrogens is 3. The second-order valence-corrected chi connectivity index (χ2v) is 6.24. The van der Waals surface area contributed by atoms with Gasteiger partial charge in [-0.15, -0.1) is 5.10 Å². The molecule has 0 atom stereocenters. The Morgan fingerprint density at radius 2 is 1.79 bits per heavy atom. The van der Waals surface area contributed by atoms with E-state index in [1.807, 2.05) is 31.2 Å². The zero-order valence-electron chi connectivity index (χ0n) is 12.8. The van der Waals surface area contributed by atoms with Gasteiger partial charge in [-0.25, -0.2) is 0 Å².